The minimum Gasteiger partial charge on any atom is -0.341 e. The maximum Gasteiger partial charge on any atom is 0.239 e. The van der Waals surface area contributed by atoms with Crippen molar-refractivity contribution in [2.75, 3.05) is 13.1 Å². The van der Waals surface area contributed by atoms with Crippen molar-refractivity contribution in [3.8, 4) is 6.07 Å². The van der Waals surface area contributed by atoms with Crippen molar-refractivity contribution >= 4 is 5.91 Å². The topological polar surface area (TPSA) is 70.1 Å². The Labute approximate surface area is 97.4 Å². The van der Waals surface area contributed by atoms with Crippen molar-refractivity contribution in [2.45, 2.75) is 39.2 Å². The summed E-state index contributed by atoms with van der Waals surface area (Å²) in [7, 11) is 0. The summed E-state index contributed by atoms with van der Waals surface area (Å²) in [6.07, 6.45) is 2.49. The van der Waals surface area contributed by atoms with Gasteiger partial charge in [-0.15, -0.1) is 0 Å². The van der Waals surface area contributed by atoms with Crippen molar-refractivity contribution in [1.82, 2.24) is 4.90 Å². The number of nitriles is 1. The van der Waals surface area contributed by atoms with Gasteiger partial charge >= 0.3 is 0 Å². The molecule has 0 spiro atoms. The monoisotopic (exact) mass is 223 g/mol. The number of rotatable bonds is 3. The van der Waals surface area contributed by atoms with Gasteiger partial charge in [0.05, 0.1) is 12.1 Å². The Hall–Kier alpha value is -1.08. The number of likely N-dealkylation sites (tertiary alicyclic amines) is 1. The van der Waals surface area contributed by atoms with Crippen molar-refractivity contribution in [1.29, 1.82) is 5.26 Å². The summed E-state index contributed by atoms with van der Waals surface area (Å²) >= 11 is 0. The van der Waals surface area contributed by atoms with Crippen molar-refractivity contribution < 1.29 is 4.79 Å². The summed E-state index contributed by atoms with van der Waals surface area (Å²) in [4.78, 5) is 13.8. The van der Waals surface area contributed by atoms with E-state index in [4.69, 9.17) is 11.0 Å². The first-order chi connectivity index (χ1) is 7.60. The van der Waals surface area contributed by atoms with Gasteiger partial charge in [0.1, 0.15) is 0 Å². The Morgan fingerprint density at radius 1 is 1.56 bits per heavy atom. The van der Waals surface area contributed by atoms with Crippen LogP contribution in [0.1, 0.15) is 33.1 Å². The third kappa shape index (κ3) is 2.96. The smallest absolute Gasteiger partial charge is 0.239 e. The van der Waals surface area contributed by atoms with Crippen molar-refractivity contribution in [2.24, 2.45) is 17.6 Å². The molecule has 0 unspecified atom stereocenters. The van der Waals surface area contributed by atoms with E-state index in [1.54, 1.807) is 0 Å². The number of hydrogen-bond donors (Lipinski definition) is 1. The zero-order valence-electron chi connectivity index (χ0n) is 10.1. The Morgan fingerprint density at radius 2 is 2.12 bits per heavy atom. The van der Waals surface area contributed by atoms with Gasteiger partial charge in [-0.3, -0.25) is 4.79 Å². The molecule has 16 heavy (non-hydrogen) atoms. The van der Waals surface area contributed by atoms with Gasteiger partial charge in [0.15, 0.2) is 0 Å². The van der Waals surface area contributed by atoms with E-state index in [0.29, 0.717) is 13.1 Å². The van der Waals surface area contributed by atoms with Gasteiger partial charge in [0.2, 0.25) is 5.91 Å². The molecule has 1 aliphatic heterocycles. The molecule has 2 atom stereocenters. The van der Waals surface area contributed by atoms with Crippen LogP contribution in [0.5, 0.6) is 0 Å². The molecule has 1 fully saturated rings. The van der Waals surface area contributed by atoms with Crippen molar-refractivity contribution in [3.05, 3.63) is 0 Å². The second kappa shape index (κ2) is 5.86. The van der Waals surface area contributed by atoms with E-state index in [-0.39, 0.29) is 23.8 Å². The maximum absolute atomic E-state index is 12.0. The van der Waals surface area contributed by atoms with Gasteiger partial charge in [-0.2, -0.15) is 5.26 Å². The third-order valence-corrected chi connectivity index (χ3v) is 3.53. The van der Waals surface area contributed by atoms with Crippen LogP contribution in [0.25, 0.3) is 0 Å². The number of hydrogen-bond acceptors (Lipinski definition) is 3. The van der Waals surface area contributed by atoms with Gasteiger partial charge in [0.25, 0.3) is 0 Å². The first kappa shape index (κ1) is 13.0. The summed E-state index contributed by atoms with van der Waals surface area (Å²) in [5, 5.41) is 8.77. The summed E-state index contributed by atoms with van der Waals surface area (Å²) in [5.74, 6) is 0.385. The number of amides is 1. The molecule has 0 radical (unpaired) electrons. The molecule has 1 rings (SSSR count). The molecule has 1 aliphatic rings. The second-order valence-electron chi connectivity index (χ2n) is 4.64. The first-order valence-electron chi connectivity index (χ1n) is 6.04. The van der Waals surface area contributed by atoms with Gasteiger partial charge in [-0.05, 0) is 18.8 Å². The standard InChI is InChI=1S/C12H21N3O/c1-3-9(2)11(14)12(16)15-6-4-10(8-13)5-7-15/h9-11H,3-7,14H2,1-2H3/t9-,11-/m1/s1. The van der Waals surface area contributed by atoms with E-state index < -0.39 is 0 Å². The largest absolute Gasteiger partial charge is 0.341 e. The zero-order valence-corrected chi connectivity index (χ0v) is 10.1. The molecule has 1 amide bonds. The third-order valence-electron chi connectivity index (χ3n) is 3.53. The fraction of sp³-hybridized carbons (Fsp3) is 0.833. The first-order valence-corrected chi connectivity index (χ1v) is 6.04. The van der Waals surface area contributed by atoms with E-state index in [0.717, 1.165) is 19.3 Å². The normalized spacial score (nSPS) is 21.2. The van der Waals surface area contributed by atoms with Crippen molar-refractivity contribution in [3.63, 3.8) is 0 Å². The average Bonchev–Trinajstić information content (AvgIpc) is 2.36. The van der Waals surface area contributed by atoms with Crippen LogP contribution in [0.4, 0.5) is 0 Å². The molecule has 1 saturated heterocycles. The second-order valence-corrected chi connectivity index (χ2v) is 4.64. The van der Waals surface area contributed by atoms with Gasteiger partial charge in [0, 0.05) is 19.0 Å². The molecule has 0 aromatic rings. The lowest BCUT2D eigenvalue weighted by Crippen LogP contribution is -2.49. The highest BCUT2D eigenvalue weighted by molar-refractivity contribution is 5.82. The van der Waals surface area contributed by atoms with Crippen LogP contribution in [-0.4, -0.2) is 29.9 Å². The fourth-order valence-corrected chi connectivity index (χ4v) is 1.94. The van der Waals surface area contributed by atoms with Gasteiger partial charge in [-0.1, -0.05) is 20.3 Å². The SMILES string of the molecule is CC[C@@H](C)[C@@H](N)C(=O)N1CCC(C#N)CC1. The Morgan fingerprint density at radius 3 is 2.56 bits per heavy atom. The molecular weight excluding hydrogens is 202 g/mol. The van der Waals surface area contributed by atoms with Gasteiger partial charge < -0.3 is 10.6 Å². The molecule has 0 aromatic carbocycles. The Bertz CT molecular complexity index is 276. The maximum atomic E-state index is 12.0. The minimum atomic E-state index is -0.386. The Balaban J connectivity index is 2.48. The predicted octanol–water partition coefficient (Wildman–Crippen LogP) is 1.12. The molecular formula is C12H21N3O. The Kier molecular flexibility index (Phi) is 4.75. The molecule has 2 N–H and O–H groups in total. The molecule has 0 aliphatic carbocycles. The molecule has 90 valence electrons. The van der Waals surface area contributed by atoms with Crippen LogP contribution in [0.3, 0.4) is 0 Å². The highest BCUT2D eigenvalue weighted by Gasteiger charge is 2.28. The van der Waals surface area contributed by atoms with E-state index in [9.17, 15) is 4.79 Å². The van der Waals surface area contributed by atoms with Crippen LogP contribution in [0.2, 0.25) is 0 Å². The number of piperidine rings is 1. The number of carbonyl (C=O) groups excluding carboxylic acids is 1. The molecule has 0 bridgehead atoms. The lowest BCUT2D eigenvalue weighted by atomic mass is 9.95. The summed E-state index contributed by atoms with van der Waals surface area (Å²) < 4.78 is 0. The zero-order chi connectivity index (χ0) is 12.1. The lowest BCUT2D eigenvalue weighted by Gasteiger charge is -2.32. The lowest BCUT2D eigenvalue weighted by molar-refractivity contribution is -0.134. The van der Waals surface area contributed by atoms with E-state index in [2.05, 4.69) is 6.07 Å². The minimum absolute atomic E-state index is 0.0470. The summed E-state index contributed by atoms with van der Waals surface area (Å²) in [6, 6.07) is 1.87. The van der Waals surface area contributed by atoms with Crippen LogP contribution in [-0.2, 0) is 4.79 Å². The van der Waals surface area contributed by atoms with Crippen LogP contribution >= 0.6 is 0 Å². The summed E-state index contributed by atoms with van der Waals surface area (Å²) in [5.41, 5.74) is 5.91. The molecule has 0 aromatic heterocycles. The molecule has 4 nitrogen and oxygen atoms in total. The number of nitrogens with two attached hydrogens (primary N) is 1. The number of nitrogens with zero attached hydrogens (tertiary/aromatic N) is 2. The quantitative estimate of drug-likeness (QED) is 0.779. The predicted molar refractivity (Wildman–Crippen MR) is 62.3 cm³/mol. The van der Waals surface area contributed by atoms with E-state index >= 15 is 0 Å². The van der Waals surface area contributed by atoms with Crippen LogP contribution in [0, 0.1) is 23.2 Å². The van der Waals surface area contributed by atoms with Crippen LogP contribution < -0.4 is 5.73 Å². The highest BCUT2D eigenvalue weighted by Crippen LogP contribution is 2.18. The summed E-state index contributed by atoms with van der Waals surface area (Å²) in [6.45, 7) is 5.41. The van der Waals surface area contributed by atoms with E-state index in [1.165, 1.54) is 0 Å². The molecule has 0 saturated carbocycles. The number of carbonyl (C=O) groups is 1. The van der Waals surface area contributed by atoms with E-state index in [1.807, 2.05) is 18.7 Å². The van der Waals surface area contributed by atoms with Gasteiger partial charge in [-0.25, -0.2) is 0 Å². The molecule has 1 heterocycles. The highest BCUT2D eigenvalue weighted by atomic mass is 16.2. The van der Waals surface area contributed by atoms with Crippen LogP contribution in [0.15, 0.2) is 0 Å². The average molecular weight is 223 g/mol. The molecule has 4 heteroatoms. The fourth-order valence-electron chi connectivity index (χ4n) is 1.94.